The van der Waals surface area contributed by atoms with Crippen molar-refractivity contribution in [2.75, 3.05) is 43.1 Å². The van der Waals surface area contributed by atoms with Gasteiger partial charge in [-0.15, -0.1) is 0 Å². The summed E-state index contributed by atoms with van der Waals surface area (Å²) in [7, 11) is -2.61. The summed E-state index contributed by atoms with van der Waals surface area (Å²) in [5, 5.41) is 3.67. The number of hydrogen-bond donors (Lipinski definition) is 1. The Hall–Kier alpha value is -3.27. The molecule has 0 unspecified atom stereocenters. The molecule has 1 N–H and O–H groups in total. The van der Waals surface area contributed by atoms with Crippen LogP contribution >= 0.6 is 11.6 Å². The molecule has 8 nitrogen and oxygen atoms in total. The molecule has 2 heterocycles. The van der Waals surface area contributed by atoms with E-state index < -0.39 is 16.1 Å². The lowest BCUT2D eigenvalue weighted by Crippen LogP contribution is -2.51. The van der Waals surface area contributed by atoms with Crippen LogP contribution in [0.4, 0.5) is 16.2 Å². The van der Waals surface area contributed by atoms with Crippen LogP contribution in [0, 0.1) is 0 Å². The van der Waals surface area contributed by atoms with E-state index in [4.69, 9.17) is 16.3 Å². The number of amides is 2. The lowest BCUT2D eigenvalue weighted by atomic mass is 10.1. The molecule has 5 rings (SSSR count). The number of carbonyl (C=O) groups is 1. The highest BCUT2D eigenvalue weighted by atomic mass is 35.5. The van der Waals surface area contributed by atoms with Crippen molar-refractivity contribution in [3.63, 3.8) is 0 Å². The number of urea groups is 1. The Bertz CT molecular complexity index is 1360. The molecular weight excluding hydrogens is 500 g/mol. The summed E-state index contributed by atoms with van der Waals surface area (Å²) in [4.78, 5) is 17.4. The van der Waals surface area contributed by atoms with Crippen molar-refractivity contribution < 1.29 is 17.9 Å². The number of anilines is 2. The molecule has 3 aromatic carbocycles. The molecule has 2 aliphatic heterocycles. The van der Waals surface area contributed by atoms with Gasteiger partial charge in [0.1, 0.15) is 10.6 Å². The Kier molecular flexibility index (Phi) is 6.79. The van der Waals surface area contributed by atoms with Crippen LogP contribution in [0.3, 0.4) is 0 Å². The maximum atomic E-state index is 14.1. The van der Waals surface area contributed by atoms with Crippen LogP contribution < -0.4 is 19.9 Å². The Morgan fingerprint density at radius 2 is 1.56 bits per heavy atom. The average molecular weight is 527 g/mol. The van der Waals surface area contributed by atoms with Crippen LogP contribution in [0.1, 0.15) is 11.1 Å². The van der Waals surface area contributed by atoms with Gasteiger partial charge in [-0.05, 0) is 35.4 Å². The third-order valence-corrected chi connectivity index (χ3v) is 8.44. The van der Waals surface area contributed by atoms with E-state index in [0.29, 0.717) is 40.8 Å². The Labute approximate surface area is 216 Å². The van der Waals surface area contributed by atoms with E-state index in [1.165, 1.54) is 4.90 Å². The molecule has 10 heteroatoms. The predicted octanol–water partition coefficient (Wildman–Crippen LogP) is 4.09. The minimum absolute atomic E-state index is 0.0977. The van der Waals surface area contributed by atoms with Crippen molar-refractivity contribution in [3.8, 4) is 5.75 Å². The monoisotopic (exact) mass is 526 g/mol. The molecular formula is C26H27ClN4O4S. The summed E-state index contributed by atoms with van der Waals surface area (Å²) in [6.45, 7) is 2.83. The molecule has 0 radical (unpaired) electrons. The summed E-state index contributed by atoms with van der Waals surface area (Å²) in [5.74, 6) is 0.651. The molecule has 188 valence electrons. The molecule has 3 aromatic rings. The zero-order valence-corrected chi connectivity index (χ0v) is 21.4. The number of benzene rings is 3. The van der Waals surface area contributed by atoms with Gasteiger partial charge in [0, 0.05) is 31.2 Å². The first-order valence-electron chi connectivity index (χ1n) is 11.7. The molecule has 2 amide bonds. The van der Waals surface area contributed by atoms with E-state index in [2.05, 4.69) is 5.32 Å². The summed E-state index contributed by atoms with van der Waals surface area (Å²) in [6, 6.07) is 19.2. The smallest absolute Gasteiger partial charge is 0.339 e. The molecule has 2 aliphatic rings. The van der Waals surface area contributed by atoms with Crippen LogP contribution in [0.5, 0.6) is 5.75 Å². The number of ether oxygens (including phenoxy) is 1. The van der Waals surface area contributed by atoms with Crippen molar-refractivity contribution in [2.45, 2.75) is 18.0 Å². The van der Waals surface area contributed by atoms with E-state index in [1.54, 1.807) is 43.5 Å². The lowest BCUT2D eigenvalue weighted by molar-refractivity contribution is 0.226. The van der Waals surface area contributed by atoms with Gasteiger partial charge in [0.25, 0.3) is 10.0 Å². The second kappa shape index (κ2) is 10.0. The van der Waals surface area contributed by atoms with Crippen LogP contribution in [-0.4, -0.2) is 52.0 Å². The third kappa shape index (κ3) is 4.61. The van der Waals surface area contributed by atoms with Gasteiger partial charge < -0.3 is 15.0 Å². The zero-order chi connectivity index (χ0) is 25.3. The number of carbonyl (C=O) groups excluding carboxylic acids is 1. The van der Waals surface area contributed by atoms with Gasteiger partial charge in [0.05, 0.1) is 31.6 Å². The first kappa shape index (κ1) is 24.4. The summed E-state index contributed by atoms with van der Waals surface area (Å²) in [5.41, 5.74) is 2.37. The minimum Gasteiger partial charge on any atom is -0.497 e. The molecule has 0 aromatic heterocycles. The fourth-order valence-corrected chi connectivity index (χ4v) is 6.53. The van der Waals surface area contributed by atoms with Crippen LogP contribution in [-0.2, 0) is 23.1 Å². The molecule has 36 heavy (non-hydrogen) atoms. The SMILES string of the molecule is COc1ccc(CN2C(=O)N(Cc3ccccc3)c3cc(Cl)cc(N4CCNCC4)c3S2(=O)=O)cc1. The Morgan fingerprint density at radius 1 is 0.917 bits per heavy atom. The summed E-state index contributed by atoms with van der Waals surface area (Å²) in [6.07, 6.45) is 0. The summed E-state index contributed by atoms with van der Waals surface area (Å²) < 4.78 is 34.3. The first-order chi connectivity index (χ1) is 17.4. The average Bonchev–Trinajstić information content (AvgIpc) is 2.90. The Morgan fingerprint density at radius 3 is 2.22 bits per heavy atom. The number of sulfonamides is 1. The van der Waals surface area contributed by atoms with E-state index in [0.717, 1.165) is 23.0 Å². The fraction of sp³-hybridized carbons (Fsp3) is 0.269. The standard InChI is InChI=1S/C26H27ClN4O4S/c1-35-22-9-7-20(8-10-22)18-31-26(32)30(17-19-5-3-2-4-6-19)24-16-21(27)15-23(25(24)36(31,33)34)29-13-11-28-12-14-29/h2-10,15-16,28H,11-14,17-18H2,1H3. The van der Waals surface area contributed by atoms with Gasteiger partial charge in [-0.1, -0.05) is 54.1 Å². The number of nitrogens with zero attached hydrogens (tertiary/aromatic N) is 3. The highest BCUT2D eigenvalue weighted by molar-refractivity contribution is 7.90. The molecule has 0 spiro atoms. The number of nitrogens with one attached hydrogen (secondary N) is 1. The topological polar surface area (TPSA) is 82.2 Å². The van der Waals surface area contributed by atoms with Crippen molar-refractivity contribution >= 4 is 39.0 Å². The number of hydrogen-bond acceptors (Lipinski definition) is 6. The molecule has 0 aliphatic carbocycles. The van der Waals surface area contributed by atoms with E-state index >= 15 is 0 Å². The van der Waals surface area contributed by atoms with Gasteiger partial charge >= 0.3 is 6.03 Å². The third-order valence-electron chi connectivity index (χ3n) is 6.42. The van der Waals surface area contributed by atoms with Gasteiger partial charge in [0.2, 0.25) is 0 Å². The van der Waals surface area contributed by atoms with Crippen LogP contribution in [0.2, 0.25) is 5.02 Å². The number of halogens is 1. The number of piperazine rings is 1. The zero-order valence-electron chi connectivity index (χ0n) is 19.9. The van der Waals surface area contributed by atoms with Gasteiger partial charge in [0.15, 0.2) is 0 Å². The molecule has 0 saturated carbocycles. The lowest BCUT2D eigenvalue weighted by Gasteiger charge is -2.39. The number of methoxy groups -OCH3 is 1. The van der Waals surface area contributed by atoms with Gasteiger partial charge in [-0.2, -0.15) is 0 Å². The van der Waals surface area contributed by atoms with Crippen LogP contribution in [0.25, 0.3) is 0 Å². The second-order valence-electron chi connectivity index (χ2n) is 8.72. The van der Waals surface area contributed by atoms with Crippen molar-refractivity contribution in [1.29, 1.82) is 0 Å². The van der Waals surface area contributed by atoms with E-state index in [9.17, 15) is 13.2 Å². The van der Waals surface area contributed by atoms with E-state index in [1.807, 2.05) is 35.2 Å². The quantitative estimate of drug-likeness (QED) is 0.521. The maximum Gasteiger partial charge on any atom is 0.339 e. The fourth-order valence-electron chi connectivity index (χ4n) is 4.59. The second-order valence-corrected chi connectivity index (χ2v) is 11.0. The molecule has 1 fully saturated rings. The van der Waals surface area contributed by atoms with Gasteiger partial charge in [-0.3, -0.25) is 4.90 Å². The number of rotatable bonds is 6. The Balaban J connectivity index is 1.64. The van der Waals surface area contributed by atoms with E-state index in [-0.39, 0.29) is 18.0 Å². The number of fused-ring (bicyclic) bond motifs is 1. The van der Waals surface area contributed by atoms with Crippen molar-refractivity contribution in [3.05, 3.63) is 82.9 Å². The molecule has 0 atom stereocenters. The first-order valence-corrected chi connectivity index (χ1v) is 13.5. The summed E-state index contributed by atoms with van der Waals surface area (Å²) >= 11 is 6.50. The normalized spacial score (nSPS) is 17.2. The maximum absolute atomic E-state index is 14.1. The highest BCUT2D eigenvalue weighted by Crippen LogP contribution is 2.44. The minimum atomic E-state index is -4.18. The molecule has 0 bridgehead atoms. The molecule has 1 saturated heterocycles. The largest absolute Gasteiger partial charge is 0.497 e. The van der Waals surface area contributed by atoms with Crippen molar-refractivity contribution in [1.82, 2.24) is 9.62 Å². The highest BCUT2D eigenvalue weighted by Gasteiger charge is 2.44. The van der Waals surface area contributed by atoms with Crippen molar-refractivity contribution in [2.24, 2.45) is 0 Å². The predicted molar refractivity (Wildman–Crippen MR) is 140 cm³/mol. The van der Waals surface area contributed by atoms with Gasteiger partial charge in [-0.25, -0.2) is 17.5 Å². The van der Waals surface area contributed by atoms with Crippen LogP contribution in [0.15, 0.2) is 71.6 Å².